The van der Waals surface area contributed by atoms with Gasteiger partial charge in [-0.3, -0.25) is 14.5 Å². The lowest BCUT2D eigenvalue weighted by Gasteiger charge is -2.07. The zero-order chi connectivity index (χ0) is 15.0. The van der Waals surface area contributed by atoms with Crippen LogP contribution < -0.4 is 10.5 Å². The minimum Gasteiger partial charge on any atom is -0.436 e. The number of anilines is 1. The molecule has 106 valence electrons. The standard InChI is InChI=1S/C12H8ClN5O3/c13-8-5-7(1-2-9(8)18(19)20)21-12-11-15-3-4-17(11)6-10(14)16-12/h1-6H,14H2. The lowest BCUT2D eigenvalue weighted by atomic mass is 10.3. The third-order valence-corrected chi connectivity index (χ3v) is 3.00. The number of hydrogen-bond donors (Lipinski definition) is 1. The number of fused-ring (bicyclic) bond motifs is 1. The molecule has 0 amide bonds. The minimum absolute atomic E-state index is 0.0271. The predicted octanol–water partition coefficient (Wildman–Crippen LogP) is 2.67. The van der Waals surface area contributed by atoms with E-state index in [9.17, 15) is 10.1 Å². The van der Waals surface area contributed by atoms with Gasteiger partial charge >= 0.3 is 0 Å². The number of ether oxygens (including phenoxy) is 1. The molecular formula is C12H8ClN5O3. The van der Waals surface area contributed by atoms with Crippen LogP contribution in [0, 0.1) is 10.1 Å². The van der Waals surface area contributed by atoms with Gasteiger partial charge in [0.25, 0.3) is 11.6 Å². The van der Waals surface area contributed by atoms with Gasteiger partial charge in [0.1, 0.15) is 16.6 Å². The summed E-state index contributed by atoms with van der Waals surface area (Å²) in [5.41, 5.74) is 5.95. The number of halogens is 1. The fourth-order valence-corrected chi connectivity index (χ4v) is 2.04. The third-order valence-electron chi connectivity index (χ3n) is 2.69. The molecule has 2 heterocycles. The zero-order valence-electron chi connectivity index (χ0n) is 10.4. The van der Waals surface area contributed by atoms with Crippen LogP contribution in [0.1, 0.15) is 0 Å². The number of nitro benzene ring substituents is 1. The molecule has 0 aliphatic carbocycles. The summed E-state index contributed by atoms with van der Waals surface area (Å²) in [6.45, 7) is 0. The van der Waals surface area contributed by atoms with Gasteiger partial charge in [0.15, 0.2) is 0 Å². The van der Waals surface area contributed by atoms with Crippen LogP contribution in [0.4, 0.5) is 11.5 Å². The molecule has 3 aromatic rings. The lowest BCUT2D eigenvalue weighted by Crippen LogP contribution is -1.99. The van der Waals surface area contributed by atoms with Gasteiger partial charge in [-0.1, -0.05) is 11.6 Å². The monoisotopic (exact) mass is 305 g/mol. The summed E-state index contributed by atoms with van der Waals surface area (Å²) in [7, 11) is 0. The van der Waals surface area contributed by atoms with E-state index in [-0.39, 0.29) is 22.4 Å². The Bertz CT molecular complexity index is 848. The Balaban J connectivity index is 2.00. The molecule has 0 aliphatic heterocycles. The minimum atomic E-state index is -0.572. The first kappa shape index (κ1) is 13.1. The molecule has 21 heavy (non-hydrogen) atoms. The summed E-state index contributed by atoms with van der Waals surface area (Å²) < 4.78 is 7.22. The van der Waals surface area contributed by atoms with E-state index in [2.05, 4.69) is 9.97 Å². The van der Waals surface area contributed by atoms with Crippen molar-refractivity contribution < 1.29 is 9.66 Å². The molecule has 0 spiro atoms. The maximum Gasteiger partial charge on any atom is 0.288 e. The van der Waals surface area contributed by atoms with Gasteiger partial charge < -0.3 is 10.5 Å². The second kappa shape index (κ2) is 4.91. The highest BCUT2D eigenvalue weighted by Crippen LogP contribution is 2.31. The van der Waals surface area contributed by atoms with Crippen molar-refractivity contribution in [2.45, 2.75) is 0 Å². The number of imidazole rings is 1. The van der Waals surface area contributed by atoms with Gasteiger partial charge in [-0.15, -0.1) is 0 Å². The number of rotatable bonds is 3. The number of nitro groups is 1. The van der Waals surface area contributed by atoms with Crippen LogP contribution in [-0.4, -0.2) is 19.3 Å². The fraction of sp³-hybridized carbons (Fsp3) is 0. The average molecular weight is 306 g/mol. The molecule has 0 saturated carbocycles. The van der Waals surface area contributed by atoms with E-state index < -0.39 is 4.92 Å². The Morgan fingerprint density at radius 3 is 2.95 bits per heavy atom. The summed E-state index contributed by atoms with van der Waals surface area (Å²) in [5.74, 6) is 0.738. The molecule has 0 aliphatic rings. The molecule has 0 unspecified atom stereocenters. The average Bonchev–Trinajstić information content (AvgIpc) is 2.86. The van der Waals surface area contributed by atoms with Crippen molar-refractivity contribution in [3.63, 3.8) is 0 Å². The van der Waals surface area contributed by atoms with Gasteiger partial charge in [0, 0.05) is 24.5 Å². The first-order valence-electron chi connectivity index (χ1n) is 5.75. The first-order valence-corrected chi connectivity index (χ1v) is 6.13. The molecule has 1 aromatic carbocycles. The van der Waals surface area contributed by atoms with Gasteiger partial charge in [-0.25, -0.2) is 4.98 Å². The summed E-state index contributed by atoms with van der Waals surface area (Å²) >= 11 is 5.83. The van der Waals surface area contributed by atoms with Crippen LogP contribution >= 0.6 is 11.6 Å². The number of nitrogens with two attached hydrogens (primary N) is 1. The molecule has 0 saturated heterocycles. The molecule has 2 N–H and O–H groups in total. The van der Waals surface area contributed by atoms with Crippen LogP contribution in [0.2, 0.25) is 5.02 Å². The van der Waals surface area contributed by atoms with Gasteiger partial charge in [0.05, 0.1) is 11.1 Å². The van der Waals surface area contributed by atoms with Crippen LogP contribution in [0.25, 0.3) is 5.65 Å². The van der Waals surface area contributed by atoms with E-state index in [0.29, 0.717) is 11.4 Å². The molecule has 3 rings (SSSR count). The first-order chi connectivity index (χ1) is 10.0. The maximum absolute atomic E-state index is 10.7. The highest BCUT2D eigenvalue weighted by molar-refractivity contribution is 6.32. The van der Waals surface area contributed by atoms with E-state index in [1.165, 1.54) is 18.2 Å². The van der Waals surface area contributed by atoms with E-state index >= 15 is 0 Å². The quantitative estimate of drug-likeness (QED) is 0.588. The topological polar surface area (TPSA) is 109 Å². The molecule has 0 bridgehead atoms. The number of nitrogens with zero attached hydrogens (tertiary/aromatic N) is 4. The van der Waals surface area contributed by atoms with Crippen molar-refractivity contribution >= 4 is 28.8 Å². The Morgan fingerprint density at radius 2 is 2.24 bits per heavy atom. The molecular weight excluding hydrogens is 298 g/mol. The van der Waals surface area contributed by atoms with Crippen molar-refractivity contribution in [1.82, 2.24) is 14.4 Å². The van der Waals surface area contributed by atoms with E-state index in [1.807, 2.05) is 0 Å². The summed E-state index contributed by atoms with van der Waals surface area (Å²) in [6, 6.07) is 4.02. The van der Waals surface area contributed by atoms with Crippen molar-refractivity contribution in [3.8, 4) is 11.6 Å². The Labute approximate surface area is 122 Å². The molecule has 0 radical (unpaired) electrons. The number of aromatic nitrogens is 3. The summed E-state index contributed by atoms with van der Waals surface area (Å²) in [4.78, 5) is 18.3. The molecule has 0 atom stereocenters. The SMILES string of the molecule is Nc1cn2ccnc2c(Oc2ccc([N+](=O)[O-])c(Cl)c2)n1. The smallest absolute Gasteiger partial charge is 0.288 e. The molecule has 8 nitrogen and oxygen atoms in total. The van der Waals surface area contributed by atoms with Gasteiger partial charge in [0.2, 0.25) is 5.65 Å². The molecule has 9 heteroatoms. The maximum atomic E-state index is 10.7. The van der Waals surface area contributed by atoms with Crippen LogP contribution in [0.5, 0.6) is 11.6 Å². The van der Waals surface area contributed by atoms with E-state index in [4.69, 9.17) is 22.1 Å². The normalized spacial score (nSPS) is 10.7. The van der Waals surface area contributed by atoms with Gasteiger partial charge in [-0.2, -0.15) is 4.98 Å². The van der Waals surface area contributed by atoms with Crippen molar-refractivity contribution in [2.24, 2.45) is 0 Å². The summed E-state index contributed by atoms with van der Waals surface area (Å²) in [6.07, 6.45) is 4.87. The fourth-order valence-electron chi connectivity index (χ4n) is 1.80. The molecule has 2 aromatic heterocycles. The number of benzene rings is 1. The van der Waals surface area contributed by atoms with E-state index in [0.717, 1.165) is 0 Å². The number of hydrogen-bond acceptors (Lipinski definition) is 6. The molecule has 0 fully saturated rings. The van der Waals surface area contributed by atoms with Crippen molar-refractivity contribution in [3.05, 3.63) is 51.9 Å². The lowest BCUT2D eigenvalue weighted by molar-refractivity contribution is -0.384. The Morgan fingerprint density at radius 1 is 1.43 bits per heavy atom. The Kier molecular flexibility index (Phi) is 3.07. The largest absolute Gasteiger partial charge is 0.436 e. The second-order valence-electron chi connectivity index (χ2n) is 4.10. The highest BCUT2D eigenvalue weighted by Gasteiger charge is 2.14. The summed E-state index contributed by atoms with van der Waals surface area (Å²) in [5, 5.41) is 10.7. The highest BCUT2D eigenvalue weighted by atomic mass is 35.5. The number of nitrogen functional groups attached to an aromatic ring is 1. The van der Waals surface area contributed by atoms with Crippen LogP contribution in [0.15, 0.2) is 36.8 Å². The van der Waals surface area contributed by atoms with Gasteiger partial charge in [-0.05, 0) is 6.07 Å². The van der Waals surface area contributed by atoms with Crippen molar-refractivity contribution in [2.75, 3.05) is 5.73 Å². The van der Waals surface area contributed by atoms with Crippen molar-refractivity contribution in [1.29, 1.82) is 0 Å². The third kappa shape index (κ3) is 2.43. The zero-order valence-corrected chi connectivity index (χ0v) is 11.2. The predicted molar refractivity (Wildman–Crippen MR) is 75.6 cm³/mol. The van der Waals surface area contributed by atoms with Crippen LogP contribution in [0.3, 0.4) is 0 Å². The second-order valence-corrected chi connectivity index (χ2v) is 4.51. The Hall–Kier alpha value is -2.87. The van der Waals surface area contributed by atoms with Crippen LogP contribution in [-0.2, 0) is 0 Å². The van der Waals surface area contributed by atoms with E-state index in [1.54, 1.807) is 23.0 Å².